The molecule has 2 heterocycles. The molecule has 1 aromatic rings. The number of benzene rings is 1. The molecule has 1 saturated heterocycles. The smallest absolute Gasteiger partial charge is 0.255 e. The third kappa shape index (κ3) is 3.65. The van der Waals surface area contributed by atoms with Crippen LogP contribution in [0.4, 0.5) is 0 Å². The zero-order valence-electron chi connectivity index (χ0n) is 14.8. The monoisotopic (exact) mass is 367 g/mol. The molecule has 0 aliphatic carbocycles. The second-order valence-electron chi connectivity index (χ2n) is 6.79. The van der Waals surface area contributed by atoms with E-state index in [1.807, 2.05) is 14.0 Å². The first-order valence-corrected chi connectivity index (χ1v) is 10.1. The highest BCUT2D eigenvalue weighted by molar-refractivity contribution is 7.89. The van der Waals surface area contributed by atoms with Crippen molar-refractivity contribution in [2.75, 3.05) is 27.2 Å². The summed E-state index contributed by atoms with van der Waals surface area (Å²) in [6.07, 6.45) is 2.70. The fourth-order valence-corrected chi connectivity index (χ4v) is 4.29. The van der Waals surface area contributed by atoms with Crippen molar-refractivity contribution in [1.82, 2.24) is 14.9 Å². The van der Waals surface area contributed by atoms with Gasteiger partial charge in [-0.2, -0.15) is 0 Å². The van der Waals surface area contributed by atoms with Crippen LogP contribution in [0.2, 0.25) is 0 Å². The molecule has 1 amide bonds. The van der Waals surface area contributed by atoms with Crippen LogP contribution in [0.5, 0.6) is 5.75 Å². The lowest BCUT2D eigenvalue weighted by Crippen LogP contribution is -2.38. The largest absolute Gasteiger partial charge is 0.489 e. The van der Waals surface area contributed by atoms with E-state index >= 15 is 0 Å². The Labute approximate surface area is 148 Å². The lowest BCUT2D eigenvalue weighted by molar-refractivity contribution is 0.0939. The molecular formula is C17H25N3O4S. The van der Waals surface area contributed by atoms with E-state index in [1.54, 1.807) is 6.07 Å². The molecule has 0 radical (unpaired) electrons. The van der Waals surface area contributed by atoms with Gasteiger partial charge in [0.05, 0.1) is 10.5 Å². The molecule has 2 aliphatic rings. The molecule has 0 saturated carbocycles. The Morgan fingerprint density at radius 2 is 2.16 bits per heavy atom. The molecule has 0 bridgehead atoms. The fourth-order valence-electron chi connectivity index (χ4n) is 3.49. The molecule has 1 fully saturated rings. The first kappa shape index (κ1) is 18.2. The molecule has 1 aromatic carbocycles. The number of ether oxygens (including phenoxy) is 1. The Balaban J connectivity index is 1.87. The summed E-state index contributed by atoms with van der Waals surface area (Å²) >= 11 is 0. The number of nitrogens with one attached hydrogen (secondary N) is 2. The lowest BCUT2D eigenvalue weighted by atomic mass is 10.1. The second kappa shape index (κ2) is 6.93. The minimum absolute atomic E-state index is 0.0740. The van der Waals surface area contributed by atoms with E-state index in [0.29, 0.717) is 24.8 Å². The van der Waals surface area contributed by atoms with Gasteiger partial charge in [0.15, 0.2) is 0 Å². The zero-order valence-corrected chi connectivity index (χ0v) is 15.6. The minimum Gasteiger partial charge on any atom is -0.489 e. The topological polar surface area (TPSA) is 87.7 Å². The van der Waals surface area contributed by atoms with E-state index in [1.165, 1.54) is 13.1 Å². The summed E-state index contributed by atoms with van der Waals surface area (Å²) in [5.41, 5.74) is 1.04. The van der Waals surface area contributed by atoms with Crippen molar-refractivity contribution in [3.8, 4) is 5.75 Å². The van der Waals surface area contributed by atoms with Gasteiger partial charge in [-0.05, 0) is 58.1 Å². The number of carbonyl (C=O) groups excluding carboxylic acids is 1. The summed E-state index contributed by atoms with van der Waals surface area (Å²) in [5, 5.41) is 2.94. The van der Waals surface area contributed by atoms with Crippen molar-refractivity contribution in [1.29, 1.82) is 0 Å². The molecule has 25 heavy (non-hydrogen) atoms. The quantitative estimate of drug-likeness (QED) is 0.802. The number of amides is 1. The van der Waals surface area contributed by atoms with Crippen LogP contribution in [0.25, 0.3) is 0 Å². The minimum atomic E-state index is -3.63. The number of hydrogen-bond donors (Lipinski definition) is 2. The van der Waals surface area contributed by atoms with Gasteiger partial charge in [0.25, 0.3) is 5.91 Å². The Bertz CT molecular complexity index is 778. The normalized spacial score (nSPS) is 23.3. The lowest BCUT2D eigenvalue weighted by Gasteiger charge is -2.20. The third-order valence-electron chi connectivity index (χ3n) is 4.96. The zero-order chi connectivity index (χ0) is 18.2. The summed E-state index contributed by atoms with van der Waals surface area (Å²) in [6, 6.07) is 3.31. The number of carbonyl (C=O) groups is 1. The summed E-state index contributed by atoms with van der Waals surface area (Å²) < 4.78 is 32.4. The van der Waals surface area contributed by atoms with Crippen molar-refractivity contribution in [2.24, 2.45) is 0 Å². The number of sulfonamides is 1. The number of rotatable bonds is 5. The summed E-state index contributed by atoms with van der Waals surface area (Å²) in [7, 11) is -0.220. The Morgan fingerprint density at radius 3 is 2.80 bits per heavy atom. The van der Waals surface area contributed by atoms with Gasteiger partial charge >= 0.3 is 0 Å². The van der Waals surface area contributed by atoms with Gasteiger partial charge in [-0.3, -0.25) is 4.79 Å². The molecule has 0 aromatic heterocycles. The Morgan fingerprint density at radius 1 is 1.40 bits per heavy atom. The number of likely N-dealkylation sites (N-methyl/N-ethyl adjacent to an activating group) is 1. The Kier molecular flexibility index (Phi) is 5.04. The highest BCUT2D eigenvalue weighted by Gasteiger charge is 2.29. The van der Waals surface area contributed by atoms with Crippen molar-refractivity contribution in [2.45, 2.75) is 43.2 Å². The molecule has 0 spiro atoms. The van der Waals surface area contributed by atoms with E-state index in [-0.39, 0.29) is 22.5 Å². The Hall–Kier alpha value is -1.64. The second-order valence-corrected chi connectivity index (χ2v) is 8.67. The predicted molar refractivity (Wildman–Crippen MR) is 94.5 cm³/mol. The van der Waals surface area contributed by atoms with Crippen molar-refractivity contribution >= 4 is 15.9 Å². The first-order chi connectivity index (χ1) is 11.8. The average molecular weight is 367 g/mol. The van der Waals surface area contributed by atoms with Gasteiger partial charge in [-0.1, -0.05) is 0 Å². The molecule has 2 atom stereocenters. The fraction of sp³-hybridized carbons (Fsp3) is 0.588. The highest BCUT2D eigenvalue weighted by atomic mass is 32.2. The van der Waals surface area contributed by atoms with Crippen LogP contribution in [-0.4, -0.2) is 58.6 Å². The van der Waals surface area contributed by atoms with Crippen LogP contribution in [0.3, 0.4) is 0 Å². The maximum absolute atomic E-state index is 12.7. The molecule has 7 nitrogen and oxygen atoms in total. The van der Waals surface area contributed by atoms with Crippen LogP contribution < -0.4 is 14.8 Å². The van der Waals surface area contributed by atoms with Gasteiger partial charge in [0, 0.05) is 19.0 Å². The van der Waals surface area contributed by atoms with Crippen molar-refractivity contribution in [3.05, 3.63) is 23.3 Å². The van der Waals surface area contributed by atoms with E-state index < -0.39 is 10.0 Å². The van der Waals surface area contributed by atoms with Crippen LogP contribution in [-0.2, 0) is 16.4 Å². The van der Waals surface area contributed by atoms with Crippen LogP contribution in [0.1, 0.15) is 35.7 Å². The van der Waals surface area contributed by atoms with Crippen molar-refractivity contribution < 1.29 is 17.9 Å². The number of hydrogen-bond acceptors (Lipinski definition) is 5. The summed E-state index contributed by atoms with van der Waals surface area (Å²) in [5.74, 6) is 0.207. The average Bonchev–Trinajstić information content (AvgIpc) is 3.15. The molecule has 2 unspecified atom stereocenters. The van der Waals surface area contributed by atoms with E-state index in [4.69, 9.17) is 4.74 Å². The van der Waals surface area contributed by atoms with E-state index in [2.05, 4.69) is 14.9 Å². The molecule has 3 rings (SSSR count). The van der Waals surface area contributed by atoms with Gasteiger partial charge in [-0.15, -0.1) is 0 Å². The maximum Gasteiger partial charge on any atom is 0.255 e. The summed E-state index contributed by atoms with van der Waals surface area (Å²) in [6.45, 7) is 3.48. The predicted octanol–water partition coefficient (Wildman–Crippen LogP) is 0.742. The molecule has 8 heteroatoms. The van der Waals surface area contributed by atoms with E-state index in [0.717, 1.165) is 24.9 Å². The van der Waals surface area contributed by atoms with Crippen LogP contribution >= 0.6 is 0 Å². The SMILES string of the molecule is CNS(=O)(=O)c1cc2c(c(C(=O)NCC3CCCN3C)c1)OC(C)C2. The number of fused-ring (bicyclic) bond motifs is 1. The van der Waals surface area contributed by atoms with Crippen molar-refractivity contribution in [3.63, 3.8) is 0 Å². The molecule has 138 valence electrons. The van der Waals surface area contributed by atoms with Gasteiger partial charge in [0.2, 0.25) is 10.0 Å². The molecule has 2 aliphatic heterocycles. The van der Waals surface area contributed by atoms with E-state index in [9.17, 15) is 13.2 Å². The first-order valence-electron chi connectivity index (χ1n) is 8.57. The number of likely N-dealkylation sites (tertiary alicyclic amines) is 1. The summed E-state index contributed by atoms with van der Waals surface area (Å²) in [4.78, 5) is 15.0. The van der Waals surface area contributed by atoms with Crippen LogP contribution in [0.15, 0.2) is 17.0 Å². The van der Waals surface area contributed by atoms with Gasteiger partial charge < -0.3 is 15.0 Å². The molecule has 2 N–H and O–H groups in total. The van der Waals surface area contributed by atoms with Gasteiger partial charge in [0.1, 0.15) is 11.9 Å². The van der Waals surface area contributed by atoms with Crippen LogP contribution in [0, 0.1) is 0 Å². The van der Waals surface area contributed by atoms with Gasteiger partial charge in [-0.25, -0.2) is 13.1 Å². The maximum atomic E-state index is 12.7. The third-order valence-corrected chi connectivity index (χ3v) is 6.35. The number of nitrogens with zero attached hydrogens (tertiary/aromatic N) is 1. The molecular weight excluding hydrogens is 342 g/mol. The highest BCUT2D eigenvalue weighted by Crippen LogP contribution is 2.35. The standard InChI is InChI=1S/C17H25N3O4S/c1-11-7-12-8-14(25(22,23)18-2)9-15(16(12)24-11)17(21)19-10-13-5-4-6-20(13)3/h8-9,11,13,18H,4-7,10H2,1-3H3,(H,19,21).